The Labute approximate surface area is 240 Å². The minimum Gasteiger partial charge on any atom is -0.456 e. The van der Waals surface area contributed by atoms with Crippen LogP contribution in [-0.4, -0.2) is 11.3 Å². The van der Waals surface area contributed by atoms with Crippen LogP contribution in [0.3, 0.4) is 0 Å². The molecule has 2 aliphatic heterocycles. The molecule has 194 valence electrons. The molecule has 0 aliphatic carbocycles. The average molecular weight is 536 g/mol. The molecule has 0 saturated carbocycles. The fraction of sp³-hybridized carbons (Fsp3) is 0. The molecule has 4 heterocycles. The van der Waals surface area contributed by atoms with E-state index < -0.39 is 0 Å². The van der Waals surface area contributed by atoms with Crippen molar-refractivity contribution in [2.24, 2.45) is 0 Å². The first kappa shape index (κ1) is 22.2. The van der Waals surface area contributed by atoms with Crippen molar-refractivity contribution >= 4 is 83.8 Å². The maximum Gasteiger partial charge on any atom is 0.263 e. The molecule has 5 heteroatoms. The number of para-hydroxylation sites is 3. The van der Waals surface area contributed by atoms with Crippen LogP contribution >= 0.6 is 0 Å². The third kappa shape index (κ3) is 2.66. The second-order valence-corrected chi connectivity index (χ2v) is 11.2. The maximum absolute atomic E-state index is 14.2. The lowest BCUT2D eigenvalue weighted by Crippen LogP contribution is -2.61. The normalized spacial score (nSPS) is 13.2. The van der Waals surface area contributed by atoms with Crippen molar-refractivity contribution in [1.29, 1.82) is 0 Å². The van der Waals surface area contributed by atoms with Gasteiger partial charge in [-0.3, -0.25) is 9.36 Å². The zero-order valence-electron chi connectivity index (χ0n) is 22.4. The van der Waals surface area contributed by atoms with Gasteiger partial charge in [-0.2, -0.15) is 0 Å². The molecule has 6 aromatic carbocycles. The van der Waals surface area contributed by atoms with Crippen molar-refractivity contribution in [3.8, 4) is 5.69 Å². The van der Waals surface area contributed by atoms with E-state index in [2.05, 4.69) is 95.9 Å². The minimum absolute atomic E-state index is 0.00592. The molecule has 0 saturated heterocycles. The van der Waals surface area contributed by atoms with Gasteiger partial charge < -0.3 is 9.32 Å². The predicted octanol–water partition coefficient (Wildman–Crippen LogP) is 6.66. The smallest absolute Gasteiger partial charge is 0.263 e. The van der Waals surface area contributed by atoms with Crippen LogP contribution in [0.5, 0.6) is 0 Å². The van der Waals surface area contributed by atoms with Crippen LogP contribution in [0.2, 0.25) is 0 Å². The molecular formula is C37H21BN2O2. The number of pyridine rings is 1. The molecule has 0 atom stereocenters. The van der Waals surface area contributed by atoms with Crippen molar-refractivity contribution in [1.82, 2.24) is 4.57 Å². The topological polar surface area (TPSA) is 38.4 Å². The Hall–Kier alpha value is -5.55. The number of benzene rings is 6. The van der Waals surface area contributed by atoms with Gasteiger partial charge in [0.05, 0.1) is 5.52 Å². The van der Waals surface area contributed by atoms with Gasteiger partial charge in [0.2, 0.25) is 0 Å². The maximum atomic E-state index is 14.2. The Morgan fingerprint density at radius 2 is 1.19 bits per heavy atom. The van der Waals surface area contributed by atoms with E-state index in [1.165, 1.54) is 10.9 Å². The van der Waals surface area contributed by atoms with Crippen LogP contribution in [0.1, 0.15) is 0 Å². The van der Waals surface area contributed by atoms with E-state index in [0.29, 0.717) is 0 Å². The van der Waals surface area contributed by atoms with Crippen molar-refractivity contribution in [3.63, 3.8) is 0 Å². The van der Waals surface area contributed by atoms with Gasteiger partial charge >= 0.3 is 0 Å². The molecule has 0 spiro atoms. The second kappa shape index (κ2) is 7.80. The van der Waals surface area contributed by atoms with E-state index in [1.807, 2.05) is 41.0 Å². The van der Waals surface area contributed by atoms with Gasteiger partial charge in [0.1, 0.15) is 11.2 Å². The summed E-state index contributed by atoms with van der Waals surface area (Å²) in [5.74, 6) is 0. The molecule has 0 fully saturated rings. The van der Waals surface area contributed by atoms with Gasteiger partial charge in [-0.1, -0.05) is 78.9 Å². The Balaban J connectivity index is 1.37. The van der Waals surface area contributed by atoms with Crippen LogP contribution in [0.25, 0.3) is 49.3 Å². The largest absolute Gasteiger partial charge is 0.456 e. The standard InChI is InChI=1S/C37H21BN2O2/c41-37-26-11-2-1-9-23(26)25-18-19-32-35-36(25)40(37)31-15-7-5-13-29(31)38(35)28-12-4-6-14-30(28)39(32)22-17-20-34-27(21-22)24-10-3-8-16-33(24)42-34/h1-21H. The summed E-state index contributed by atoms with van der Waals surface area (Å²) < 4.78 is 8.13. The molecule has 4 nitrogen and oxygen atoms in total. The minimum atomic E-state index is 0.00592. The number of fused-ring (bicyclic) bond motifs is 10. The molecule has 10 rings (SSSR count). The summed E-state index contributed by atoms with van der Waals surface area (Å²) in [4.78, 5) is 16.6. The molecular weight excluding hydrogens is 515 g/mol. The van der Waals surface area contributed by atoms with E-state index >= 15 is 0 Å². The highest BCUT2D eigenvalue weighted by atomic mass is 16.3. The zero-order valence-corrected chi connectivity index (χ0v) is 22.4. The molecule has 0 amide bonds. The van der Waals surface area contributed by atoms with Gasteiger partial charge in [0, 0.05) is 44.3 Å². The molecule has 8 aromatic rings. The average Bonchev–Trinajstić information content (AvgIpc) is 3.42. The number of anilines is 3. The van der Waals surface area contributed by atoms with Gasteiger partial charge in [-0.15, -0.1) is 0 Å². The van der Waals surface area contributed by atoms with E-state index in [4.69, 9.17) is 4.42 Å². The Morgan fingerprint density at radius 3 is 2.05 bits per heavy atom. The van der Waals surface area contributed by atoms with Gasteiger partial charge in [0.15, 0.2) is 0 Å². The van der Waals surface area contributed by atoms with Crippen LogP contribution < -0.4 is 26.8 Å². The zero-order chi connectivity index (χ0) is 27.5. The molecule has 0 radical (unpaired) electrons. The lowest BCUT2D eigenvalue weighted by Gasteiger charge is -2.40. The molecule has 2 aliphatic rings. The highest BCUT2D eigenvalue weighted by Crippen LogP contribution is 2.42. The predicted molar refractivity (Wildman–Crippen MR) is 174 cm³/mol. The lowest BCUT2D eigenvalue weighted by atomic mass is 9.33. The van der Waals surface area contributed by atoms with E-state index in [0.717, 1.165) is 71.8 Å². The highest BCUT2D eigenvalue weighted by Gasteiger charge is 2.41. The van der Waals surface area contributed by atoms with Gasteiger partial charge in [-0.05, 0) is 70.3 Å². The second-order valence-electron chi connectivity index (χ2n) is 11.2. The lowest BCUT2D eigenvalue weighted by molar-refractivity contribution is 0.669. The highest BCUT2D eigenvalue weighted by molar-refractivity contribution is 7.00. The number of hydrogen-bond donors (Lipinski definition) is 0. The van der Waals surface area contributed by atoms with E-state index in [1.54, 1.807) is 0 Å². The summed E-state index contributed by atoms with van der Waals surface area (Å²) in [6.45, 7) is 0.00592. The van der Waals surface area contributed by atoms with Crippen LogP contribution in [0.15, 0.2) is 137 Å². The summed E-state index contributed by atoms with van der Waals surface area (Å²) in [5.41, 5.74) is 10.6. The van der Waals surface area contributed by atoms with E-state index in [-0.39, 0.29) is 12.3 Å². The first-order valence-electron chi connectivity index (χ1n) is 14.3. The molecule has 42 heavy (non-hydrogen) atoms. The summed E-state index contributed by atoms with van der Waals surface area (Å²) in [6.07, 6.45) is 0. The third-order valence-corrected chi connectivity index (χ3v) is 9.19. The summed E-state index contributed by atoms with van der Waals surface area (Å²) in [7, 11) is 0. The first-order chi connectivity index (χ1) is 20.8. The molecule has 2 aromatic heterocycles. The van der Waals surface area contributed by atoms with Crippen molar-refractivity contribution in [2.75, 3.05) is 4.90 Å². The SMILES string of the molecule is O=c1c2ccccc2c2ccc3c4c2n1-c1ccccc1B4c1ccccc1N3c1ccc2oc3ccccc3c2c1. The number of rotatable bonds is 1. The van der Waals surface area contributed by atoms with Gasteiger partial charge in [0.25, 0.3) is 12.3 Å². The van der Waals surface area contributed by atoms with Crippen molar-refractivity contribution < 1.29 is 4.42 Å². The fourth-order valence-corrected chi connectivity index (χ4v) is 7.50. The summed E-state index contributed by atoms with van der Waals surface area (Å²) in [6, 6.07) is 44.2. The molecule has 0 bridgehead atoms. The van der Waals surface area contributed by atoms with Crippen LogP contribution in [-0.2, 0) is 0 Å². The third-order valence-electron chi connectivity index (χ3n) is 9.19. The Bertz CT molecular complexity index is 2530. The summed E-state index contributed by atoms with van der Waals surface area (Å²) in [5, 5.41) is 5.02. The fourth-order valence-electron chi connectivity index (χ4n) is 7.50. The number of aromatic nitrogens is 1. The number of furan rings is 1. The Morgan fingerprint density at radius 1 is 0.524 bits per heavy atom. The number of hydrogen-bond acceptors (Lipinski definition) is 3. The van der Waals surface area contributed by atoms with Crippen molar-refractivity contribution in [2.45, 2.75) is 0 Å². The van der Waals surface area contributed by atoms with E-state index in [9.17, 15) is 4.79 Å². The van der Waals surface area contributed by atoms with Crippen molar-refractivity contribution in [3.05, 3.63) is 138 Å². The molecule has 0 N–H and O–H groups in total. The monoisotopic (exact) mass is 536 g/mol. The molecule has 0 unspecified atom stereocenters. The van der Waals surface area contributed by atoms with Crippen LogP contribution in [0.4, 0.5) is 17.1 Å². The van der Waals surface area contributed by atoms with Crippen LogP contribution in [0, 0.1) is 0 Å². The quantitative estimate of drug-likeness (QED) is 0.174. The Kier molecular flexibility index (Phi) is 4.12. The number of nitrogens with zero attached hydrogens (tertiary/aromatic N) is 2. The first-order valence-corrected chi connectivity index (χ1v) is 14.3. The summed E-state index contributed by atoms with van der Waals surface area (Å²) >= 11 is 0. The van der Waals surface area contributed by atoms with Gasteiger partial charge in [-0.25, -0.2) is 0 Å².